The Balaban J connectivity index is 2.32. The summed E-state index contributed by atoms with van der Waals surface area (Å²) in [6.45, 7) is 6.29. The number of amides is 1. The van der Waals surface area contributed by atoms with Crippen LogP contribution < -0.4 is 4.74 Å². The van der Waals surface area contributed by atoms with Crippen LogP contribution in [0.5, 0.6) is 11.5 Å². The lowest BCUT2D eigenvalue weighted by atomic mass is 10.1. The topological polar surface area (TPSA) is 49.8 Å². The zero-order valence-electron chi connectivity index (χ0n) is 11.5. The van der Waals surface area contributed by atoms with Gasteiger partial charge in [-0.05, 0) is 19.1 Å². The van der Waals surface area contributed by atoms with Crippen LogP contribution in [-0.4, -0.2) is 33.4 Å². The summed E-state index contributed by atoms with van der Waals surface area (Å²) < 4.78 is 5.82. The van der Waals surface area contributed by atoms with E-state index in [0.717, 1.165) is 0 Å². The van der Waals surface area contributed by atoms with Gasteiger partial charge in [-0.15, -0.1) is 6.58 Å². The number of para-hydroxylation sites is 1. The van der Waals surface area contributed by atoms with Gasteiger partial charge >= 0.3 is 0 Å². The van der Waals surface area contributed by atoms with Crippen molar-refractivity contribution < 1.29 is 14.6 Å². The molecule has 0 saturated carbocycles. The van der Waals surface area contributed by atoms with Crippen molar-refractivity contribution in [2.75, 3.05) is 13.2 Å². The Labute approximate surface area is 133 Å². The van der Waals surface area contributed by atoms with Gasteiger partial charge in [-0.2, -0.15) is 0 Å². The van der Waals surface area contributed by atoms with Crippen LogP contribution >= 0.6 is 24.0 Å². The molecule has 0 bridgehead atoms. The van der Waals surface area contributed by atoms with Crippen molar-refractivity contribution in [2.45, 2.75) is 6.92 Å². The number of nitrogens with zero attached hydrogens (tertiary/aromatic N) is 1. The predicted molar refractivity (Wildman–Crippen MR) is 89.4 cm³/mol. The molecular formula is C15H15NO3S2. The van der Waals surface area contributed by atoms with Crippen molar-refractivity contribution in [3.63, 3.8) is 0 Å². The van der Waals surface area contributed by atoms with E-state index in [9.17, 15) is 9.90 Å². The van der Waals surface area contributed by atoms with Gasteiger partial charge < -0.3 is 9.84 Å². The van der Waals surface area contributed by atoms with E-state index in [-0.39, 0.29) is 11.7 Å². The van der Waals surface area contributed by atoms with Gasteiger partial charge in [0.1, 0.15) is 4.32 Å². The van der Waals surface area contributed by atoms with E-state index >= 15 is 0 Å². The molecule has 0 aliphatic carbocycles. The molecule has 110 valence electrons. The smallest absolute Gasteiger partial charge is 0.266 e. The predicted octanol–water partition coefficient (Wildman–Crippen LogP) is 3.18. The number of ether oxygens (including phenoxy) is 1. The number of phenols is 1. The van der Waals surface area contributed by atoms with E-state index in [1.807, 2.05) is 6.92 Å². The fourth-order valence-electron chi connectivity index (χ4n) is 1.86. The molecule has 0 radical (unpaired) electrons. The summed E-state index contributed by atoms with van der Waals surface area (Å²) in [5, 5.41) is 10.1. The highest BCUT2D eigenvalue weighted by molar-refractivity contribution is 8.26. The number of thiocarbonyl (C=S) groups is 1. The molecule has 1 amide bonds. The summed E-state index contributed by atoms with van der Waals surface area (Å²) in [5.41, 5.74) is 0.528. The average Bonchev–Trinajstić information content (AvgIpc) is 2.71. The molecule has 0 atom stereocenters. The van der Waals surface area contributed by atoms with Crippen LogP contribution in [0.4, 0.5) is 0 Å². The highest BCUT2D eigenvalue weighted by Gasteiger charge is 2.31. The van der Waals surface area contributed by atoms with Crippen LogP contribution in [0.1, 0.15) is 12.5 Å². The summed E-state index contributed by atoms with van der Waals surface area (Å²) in [7, 11) is 0. The number of hydrogen-bond acceptors (Lipinski definition) is 5. The van der Waals surface area contributed by atoms with Crippen molar-refractivity contribution in [2.24, 2.45) is 0 Å². The minimum Gasteiger partial charge on any atom is -0.504 e. The van der Waals surface area contributed by atoms with E-state index in [0.29, 0.717) is 33.7 Å². The second kappa shape index (κ2) is 6.78. The third-order valence-corrected chi connectivity index (χ3v) is 4.18. The van der Waals surface area contributed by atoms with E-state index in [2.05, 4.69) is 6.58 Å². The highest BCUT2D eigenvalue weighted by Crippen LogP contribution is 2.36. The monoisotopic (exact) mass is 321 g/mol. The van der Waals surface area contributed by atoms with Crippen LogP contribution in [0.2, 0.25) is 0 Å². The van der Waals surface area contributed by atoms with Gasteiger partial charge in [-0.25, -0.2) is 0 Å². The first-order valence-corrected chi connectivity index (χ1v) is 7.62. The summed E-state index contributed by atoms with van der Waals surface area (Å²) in [4.78, 5) is 14.2. The first-order valence-electron chi connectivity index (χ1n) is 6.39. The second-order valence-corrected chi connectivity index (χ2v) is 5.88. The van der Waals surface area contributed by atoms with Gasteiger partial charge in [0.2, 0.25) is 0 Å². The maximum atomic E-state index is 12.2. The first-order chi connectivity index (χ1) is 10.1. The van der Waals surface area contributed by atoms with Crippen LogP contribution in [0, 0.1) is 0 Å². The summed E-state index contributed by atoms with van der Waals surface area (Å²) in [6.07, 6.45) is 3.25. The number of thioether (sulfide) groups is 1. The Morgan fingerprint density at radius 3 is 2.95 bits per heavy atom. The molecule has 1 heterocycles. The Morgan fingerprint density at radius 2 is 2.29 bits per heavy atom. The molecule has 0 aromatic heterocycles. The van der Waals surface area contributed by atoms with E-state index in [1.54, 1.807) is 30.4 Å². The molecule has 0 spiro atoms. The Hall–Kier alpha value is -1.79. The van der Waals surface area contributed by atoms with Crippen molar-refractivity contribution in [3.05, 3.63) is 41.3 Å². The zero-order chi connectivity index (χ0) is 15.4. The largest absolute Gasteiger partial charge is 0.504 e. The van der Waals surface area contributed by atoms with Gasteiger partial charge in [0, 0.05) is 12.1 Å². The molecule has 1 aromatic carbocycles. The Morgan fingerprint density at radius 1 is 1.52 bits per heavy atom. The molecule has 4 nitrogen and oxygen atoms in total. The van der Waals surface area contributed by atoms with Gasteiger partial charge in [0.05, 0.1) is 11.5 Å². The molecule has 21 heavy (non-hydrogen) atoms. The number of carbonyl (C=O) groups is 1. The van der Waals surface area contributed by atoms with Crippen LogP contribution in [0.25, 0.3) is 6.08 Å². The minimum atomic E-state index is -0.175. The SMILES string of the molecule is C=CCN1C(=O)/C(=C/c2cccc(OCC)c2O)SC1=S. The van der Waals surface area contributed by atoms with Crippen LogP contribution in [0.3, 0.4) is 0 Å². The molecule has 1 aliphatic rings. The van der Waals surface area contributed by atoms with E-state index in [4.69, 9.17) is 17.0 Å². The standard InChI is InChI=1S/C15H15NO3S2/c1-3-8-16-14(18)12(21-15(16)20)9-10-6-5-7-11(13(10)17)19-4-2/h3,5-7,9,17H,1,4,8H2,2H3/b12-9-. The number of rotatable bonds is 5. The lowest BCUT2D eigenvalue weighted by Crippen LogP contribution is -2.27. The quantitative estimate of drug-likeness (QED) is 0.513. The second-order valence-electron chi connectivity index (χ2n) is 4.21. The van der Waals surface area contributed by atoms with Gasteiger partial charge in [-0.1, -0.05) is 42.2 Å². The lowest BCUT2D eigenvalue weighted by Gasteiger charge is -2.10. The number of benzene rings is 1. The molecule has 1 aromatic rings. The zero-order valence-corrected chi connectivity index (χ0v) is 13.2. The number of aromatic hydroxyl groups is 1. The first kappa shape index (κ1) is 15.6. The molecule has 1 saturated heterocycles. The van der Waals surface area contributed by atoms with Crippen LogP contribution in [0.15, 0.2) is 35.8 Å². The highest BCUT2D eigenvalue weighted by atomic mass is 32.2. The number of hydrogen-bond donors (Lipinski definition) is 1. The van der Waals surface area contributed by atoms with E-state index in [1.165, 1.54) is 16.7 Å². The third-order valence-electron chi connectivity index (χ3n) is 2.80. The van der Waals surface area contributed by atoms with E-state index < -0.39 is 0 Å². The summed E-state index contributed by atoms with van der Waals surface area (Å²) in [6, 6.07) is 5.16. The van der Waals surface area contributed by atoms with Crippen LogP contribution in [-0.2, 0) is 4.79 Å². The fourth-order valence-corrected chi connectivity index (χ4v) is 3.12. The third kappa shape index (κ3) is 3.28. The van der Waals surface area contributed by atoms with Gasteiger partial charge in [-0.3, -0.25) is 9.69 Å². The lowest BCUT2D eigenvalue weighted by molar-refractivity contribution is -0.121. The molecule has 1 N–H and O–H groups in total. The summed E-state index contributed by atoms with van der Waals surface area (Å²) in [5.74, 6) is 0.243. The molecule has 0 unspecified atom stereocenters. The van der Waals surface area contributed by atoms with Gasteiger partial charge in [0.15, 0.2) is 11.5 Å². The minimum absolute atomic E-state index is 0.0216. The molecule has 1 aliphatic heterocycles. The summed E-state index contributed by atoms with van der Waals surface area (Å²) >= 11 is 6.38. The number of phenolic OH excluding ortho intramolecular Hbond substituents is 1. The Kier molecular flexibility index (Phi) is 5.03. The average molecular weight is 321 g/mol. The normalized spacial score (nSPS) is 16.6. The molecular weight excluding hydrogens is 306 g/mol. The van der Waals surface area contributed by atoms with Gasteiger partial charge in [0.25, 0.3) is 5.91 Å². The maximum absolute atomic E-state index is 12.2. The van der Waals surface area contributed by atoms with Crippen molar-refractivity contribution in [1.82, 2.24) is 4.90 Å². The number of carbonyl (C=O) groups excluding carboxylic acids is 1. The van der Waals surface area contributed by atoms with Crippen molar-refractivity contribution >= 4 is 40.3 Å². The molecule has 2 rings (SSSR count). The molecule has 6 heteroatoms. The molecule has 1 fully saturated rings. The fraction of sp³-hybridized carbons (Fsp3) is 0.200. The van der Waals surface area contributed by atoms with Crippen molar-refractivity contribution in [1.29, 1.82) is 0 Å². The Bertz CT molecular complexity index is 625. The van der Waals surface area contributed by atoms with Crippen molar-refractivity contribution in [3.8, 4) is 11.5 Å². The maximum Gasteiger partial charge on any atom is 0.266 e.